The minimum atomic E-state index is -0.0342. The van der Waals surface area contributed by atoms with Gasteiger partial charge in [0, 0.05) is 31.2 Å². The van der Waals surface area contributed by atoms with Crippen molar-refractivity contribution < 1.29 is 4.79 Å². The van der Waals surface area contributed by atoms with E-state index in [2.05, 4.69) is 48.6 Å². The molecule has 3 N–H and O–H groups in total. The molecule has 23 heavy (non-hydrogen) atoms. The average molecular weight is 318 g/mol. The van der Waals surface area contributed by atoms with Crippen molar-refractivity contribution in [1.82, 2.24) is 16.0 Å². The number of hydrogen-bond donors (Lipinski definition) is 3. The second-order valence-corrected chi connectivity index (χ2v) is 5.91. The summed E-state index contributed by atoms with van der Waals surface area (Å²) in [5.74, 6) is 1.35. The number of guanidine groups is 1. The molecule has 1 aromatic carbocycles. The number of rotatable bonds is 8. The van der Waals surface area contributed by atoms with Crippen LogP contribution >= 0.6 is 0 Å². The molecule has 0 aliphatic carbocycles. The first-order chi connectivity index (χ1) is 11.0. The van der Waals surface area contributed by atoms with E-state index in [-0.39, 0.29) is 5.91 Å². The van der Waals surface area contributed by atoms with Gasteiger partial charge < -0.3 is 16.0 Å². The van der Waals surface area contributed by atoms with Gasteiger partial charge in [-0.15, -0.1) is 0 Å². The van der Waals surface area contributed by atoms with E-state index in [4.69, 9.17) is 0 Å². The predicted molar refractivity (Wildman–Crippen MR) is 96.8 cm³/mol. The number of nitrogens with one attached hydrogen (secondary N) is 3. The van der Waals surface area contributed by atoms with Gasteiger partial charge >= 0.3 is 0 Å². The lowest BCUT2D eigenvalue weighted by molar-refractivity contribution is 0.0953. The summed E-state index contributed by atoms with van der Waals surface area (Å²) in [7, 11) is 0. The molecule has 0 fully saturated rings. The zero-order chi connectivity index (χ0) is 17.1. The van der Waals surface area contributed by atoms with Gasteiger partial charge in [0.1, 0.15) is 0 Å². The Morgan fingerprint density at radius 3 is 2.43 bits per heavy atom. The molecular weight excluding hydrogens is 288 g/mol. The smallest absolute Gasteiger partial charge is 0.251 e. The zero-order valence-electron chi connectivity index (χ0n) is 14.7. The number of benzene rings is 1. The van der Waals surface area contributed by atoms with E-state index >= 15 is 0 Å². The molecule has 1 atom stereocenters. The molecule has 128 valence electrons. The summed E-state index contributed by atoms with van der Waals surface area (Å²) in [6.07, 6.45) is 0.811. The number of nitrogens with zero attached hydrogens (tertiary/aromatic N) is 1. The highest BCUT2D eigenvalue weighted by molar-refractivity contribution is 5.94. The van der Waals surface area contributed by atoms with Crippen LogP contribution < -0.4 is 16.0 Å². The van der Waals surface area contributed by atoms with Crippen molar-refractivity contribution in [3.05, 3.63) is 35.9 Å². The molecule has 0 saturated carbocycles. The van der Waals surface area contributed by atoms with Crippen molar-refractivity contribution >= 4 is 11.9 Å². The fourth-order valence-corrected chi connectivity index (χ4v) is 1.87. The number of hydrogen-bond acceptors (Lipinski definition) is 2. The molecule has 1 aromatic rings. The van der Waals surface area contributed by atoms with Crippen LogP contribution in [-0.4, -0.2) is 37.5 Å². The molecule has 5 nitrogen and oxygen atoms in total. The van der Waals surface area contributed by atoms with Crippen molar-refractivity contribution in [2.45, 2.75) is 40.2 Å². The quantitative estimate of drug-likeness (QED) is 0.392. The molecule has 1 rings (SSSR count). The van der Waals surface area contributed by atoms with Gasteiger partial charge in [-0.2, -0.15) is 0 Å². The molecule has 1 unspecified atom stereocenters. The first-order valence-corrected chi connectivity index (χ1v) is 8.42. The highest BCUT2D eigenvalue weighted by atomic mass is 16.1. The Kier molecular flexibility index (Phi) is 8.80. The Balaban J connectivity index is 2.33. The molecule has 0 radical (unpaired) electrons. The van der Waals surface area contributed by atoms with Gasteiger partial charge in [0.25, 0.3) is 5.91 Å². The third kappa shape index (κ3) is 7.68. The normalized spacial score (nSPS) is 12.8. The lowest BCUT2D eigenvalue weighted by Gasteiger charge is -2.20. The van der Waals surface area contributed by atoms with Crippen LogP contribution in [0.3, 0.4) is 0 Å². The molecule has 0 spiro atoms. The standard InChI is InChI=1S/C18H30N4O/c1-5-19-18(22-15(4)14(2)3)21-13-9-12-20-17(23)16-10-7-6-8-11-16/h6-8,10-11,14-15H,5,9,12-13H2,1-4H3,(H,20,23)(H2,19,21,22). The molecule has 1 amide bonds. The molecule has 5 heteroatoms. The molecule has 0 saturated heterocycles. The Hall–Kier alpha value is -2.04. The van der Waals surface area contributed by atoms with E-state index in [1.807, 2.05) is 30.3 Å². The number of carbonyl (C=O) groups excluding carboxylic acids is 1. The number of aliphatic imine (C=N–C) groups is 1. The fraction of sp³-hybridized carbons (Fsp3) is 0.556. The Morgan fingerprint density at radius 1 is 1.13 bits per heavy atom. The van der Waals surface area contributed by atoms with E-state index in [1.165, 1.54) is 0 Å². The van der Waals surface area contributed by atoms with Gasteiger partial charge in [-0.1, -0.05) is 32.0 Å². The topological polar surface area (TPSA) is 65.5 Å². The molecular formula is C18H30N4O. The summed E-state index contributed by atoms with van der Waals surface area (Å²) in [6, 6.07) is 9.62. The molecule has 0 heterocycles. The van der Waals surface area contributed by atoms with Crippen LogP contribution in [0.25, 0.3) is 0 Å². The highest BCUT2D eigenvalue weighted by Crippen LogP contribution is 1.99. The Labute approximate surface area is 140 Å². The van der Waals surface area contributed by atoms with Gasteiger partial charge in [-0.3, -0.25) is 9.79 Å². The van der Waals surface area contributed by atoms with Crippen LogP contribution in [0, 0.1) is 5.92 Å². The summed E-state index contributed by atoms with van der Waals surface area (Å²) < 4.78 is 0. The summed E-state index contributed by atoms with van der Waals surface area (Å²) in [4.78, 5) is 16.4. The van der Waals surface area contributed by atoms with Gasteiger partial charge in [-0.25, -0.2) is 0 Å². The van der Waals surface area contributed by atoms with E-state index in [1.54, 1.807) is 0 Å². The maximum absolute atomic E-state index is 11.9. The van der Waals surface area contributed by atoms with Crippen molar-refractivity contribution in [3.63, 3.8) is 0 Å². The molecule has 0 aromatic heterocycles. The first-order valence-electron chi connectivity index (χ1n) is 8.42. The monoisotopic (exact) mass is 318 g/mol. The van der Waals surface area contributed by atoms with Gasteiger partial charge in [0.05, 0.1) is 0 Å². The third-order valence-corrected chi connectivity index (χ3v) is 3.63. The van der Waals surface area contributed by atoms with Crippen LogP contribution in [0.2, 0.25) is 0 Å². The zero-order valence-corrected chi connectivity index (χ0v) is 14.7. The highest BCUT2D eigenvalue weighted by Gasteiger charge is 2.08. The molecule has 0 aliphatic rings. The van der Waals surface area contributed by atoms with Gasteiger partial charge in [0.15, 0.2) is 5.96 Å². The Morgan fingerprint density at radius 2 is 1.83 bits per heavy atom. The lowest BCUT2D eigenvalue weighted by Crippen LogP contribution is -2.44. The van der Waals surface area contributed by atoms with E-state index in [9.17, 15) is 4.79 Å². The second-order valence-electron chi connectivity index (χ2n) is 5.91. The van der Waals surface area contributed by atoms with E-state index < -0.39 is 0 Å². The largest absolute Gasteiger partial charge is 0.357 e. The van der Waals surface area contributed by atoms with Gasteiger partial charge in [0.2, 0.25) is 0 Å². The SMILES string of the molecule is CCNC(=NCCCNC(=O)c1ccccc1)NC(C)C(C)C. The van der Waals surface area contributed by atoms with Crippen molar-refractivity contribution in [3.8, 4) is 0 Å². The van der Waals surface area contributed by atoms with Crippen LogP contribution in [0.1, 0.15) is 44.5 Å². The summed E-state index contributed by atoms with van der Waals surface area (Å²) in [5.41, 5.74) is 0.691. The van der Waals surface area contributed by atoms with Crippen LogP contribution in [-0.2, 0) is 0 Å². The summed E-state index contributed by atoms with van der Waals surface area (Å²) in [5, 5.41) is 9.55. The minimum absolute atomic E-state index is 0.0342. The van der Waals surface area contributed by atoms with Crippen LogP contribution in [0.15, 0.2) is 35.3 Å². The summed E-state index contributed by atoms with van der Waals surface area (Å²) >= 11 is 0. The lowest BCUT2D eigenvalue weighted by atomic mass is 10.1. The second kappa shape index (κ2) is 10.6. The maximum Gasteiger partial charge on any atom is 0.251 e. The van der Waals surface area contributed by atoms with Crippen LogP contribution in [0.4, 0.5) is 0 Å². The number of amides is 1. The van der Waals surface area contributed by atoms with Crippen molar-refractivity contribution in [2.75, 3.05) is 19.6 Å². The average Bonchev–Trinajstić information content (AvgIpc) is 2.55. The fourth-order valence-electron chi connectivity index (χ4n) is 1.87. The molecule has 0 bridgehead atoms. The predicted octanol–water partition coefficient (Wildman–Crippen LogP) is 2.41. The van der Waals surface area contributed by atoms with Crippen LogP contribution in [0.5, 0.6) is 0 Å². The van der Waals surface area contributed by atoms with Crippen molar-refractivity contribution in [2.24, 2.45) is 10.9 Å². The first kappa shape index (κ1) is 19.0. The molecule has 0 aliphatic heterocycles. The Bertz CT molecular complexity index is 485. The van der Waals surface area contributed by atoms with Gasteiger partial charge in [-0.05, 0) is 38.3 Å². The van der Waals surface area contributed by atoms with Crippen molar-refractivity contribution in [1.29, 1.82) is 0 Å². The number of carbonyl (C=O) groups is 1. The minimum Gasteiger partial charge on any atom is -0.357 e. The third-order valence-electron chi connectivity index (χ3n) is 3.63. The maximum atomic E-state index is 11.9. The summed E-state index contributed by atoms with van der Waals surface area (Å²) in [6.45, 7) is 10.7. The van der Waals surface area contributed by atoms with E-state index in [0.29, 0.717) is 30.6 Å². The van der Waals surface area contributed by atoms with E-state index in [0.717, 1.165) is 18.9 Å².